The van der Waals surface area contributed by atoms with Crippen molar-refractivity contribution in [3.8, 4) is 0 Å². The van der Waals surface area contributed by atoms with E-state index in [1.54, 1.807) is 0 Å². The maximum atomic E-state index is 10.6. The van der Waals surface area contributed by atoms with E-state index in [4.69, 9.17) is 5.11 Å². The van der Waals surface area contributed by atoms with Crippen LogP contribution in [0.1, 0.15) is 45.4 Å². The quantitative estimate of drug-likeness (QED) is 0.609. The van der Waals surface area contributed by atoms with Crippen LogP contribution in [0.3, 0.4) is 0 Å². The standard InChI is InChI=1S/C11H21NO2/c1-2-3-4-5-8-12(9-11(13)14)10-6-7-10/h10H,2-9H2,1H3,(H,13,14). The highest BCUT2D eigenvalue weighted by molar-refractivity contribution is 5.69. The Morgan fingerprint density at radius 1 is 1.36 bits per heavy atom. The summed E-state index contributed by atoms with van der Waals surface area (Å²) < 4.78 is 0. The van der Waals surface area contributed by atoms with Crippen LogP contribution in [0.4, 0.5) is 0 Å². The summed E-state index contributed by atoms with van der Waals surface area (Å²) in [6, 6.07) is 0.577. The lowest BCUT2D eigenvalue weighted by molar-refractivity contribution is -0.138. The number of unbranched alkanes of at least 4 members (excludes halogenated alkanes) is 3. The second kappa shape index (κ2) is 6.02. The lowest BCUT2D eigenvalue weighted by Gasteiger charge is -2.19. The first-order valence-electron chi connectivity index (χ1n) is 5.70. The van der Waals surface area contributed by atoms with E-state index in [1.165, 1.54) is 32.1 Å². The topological polar surface area (TPSA) is 40.5 Å². The molecule has 1 saturated carbocycles. The van der Waals surface area contributed by atoms with Crippen molar-refractivity contribution in [3.05, 3.63) is 0 Å². The molecule has 0 bridgehead atoms. The highest BCUT2D eigenvalue weighted by Gasteiger charge is 2.29. The van der Waals surface area contributed by atoms with Crippen LogP contribution in [-0.2, 0) is 4.79 Å². The summed E-state index contributed by atoms with van der Waals surface area (Å²) >= 11 is 0. The molecule has 0 aromatic rings. The van der Waals surface area contributed by atoms with Gasteiger partial charge in [0.15, 0.2) is 0 Å². The molecule has 82 valence electrons. The summed E-state index contributed by atoms with van der Waals surface area (Å²) in [5.41, 5.74) is 0. The van der Waals surface area contributed by atoms with Crippen molar-refractivity contribution in [2.75, 3.05) is 13.1 Å². The number of carboxylic acids is 1. The Labute approximate surface area is 86.1 Å². The molecule has 0 spiro atoms. The highest BCUT2D eigenvalue weighted by Crippen LogP contribution is 2.26. The molecule has 1 rings (SSSR count). The third-order valence-electron chi connectivity index (χ3n) is 2.70. The van der Waals surface area contributed by atoms with Gasteiger partial charge < -0.3 is 5.11 Å². The lowest BCUT2D eigenvalue weighted by atomic mass is 10.2. The molecule has 0 saturated heterocycles. The van der Waals surface area contributed by atoms with Gasteiger partial charge in [-0.3, -0.25) is 9.69 Å². The summed E-state index contributed by atoms with van der Waals surface area (Å²) in [6.07, 6.45) is 7.28. The molecule has 1 aliphatic carbocycles. The maximum Gasteiger partial charge on any atom is 0.317 e. The number of carboxylic acid groups (broad SMARTS) is 1. The third-order valence-corrected chi connectivity index (χ3v) is 2.70. The molecule has 0 unspecified atom stereocenters. The minimum absolute atomic E-state index is 0.233. The van der Waals surface area contributed by atoms with E-state index >= 15 is 0 Å². The van der Waals surface area contributed by atoms with E-state index in [2.05, 4.69) is 11.8 Å². The minimum atomic E-state index is -0.688. The summed E-state index contributed by atoms with van der Waals surface area (Å²) in [6.45, 7) is 3.39. The molecule has 1 N–H and O–H groups in total. The smallest absolute Gasteiger partial charge is 0.317 e. The third kappa shape index (κ3) is 4.61. The largest absolute Gasteiger partial charge is 0.480 e. The van der Waals surface area contributed by atoms with Crippen molar-refractivity contribution in [1.82, 2.24) is 4.90 Å². The van der Waals surface area contributed by atoms with Crippen LogP contribution < -0.4 is 0 Å². The summed E-state index contributed by atoms with van der Waals surface area (Å²) in [5.74, 6) is -0.688. The van der Waals surface area contributed by atoms with Gasteiger partial charge in [-0.25, -0.2) is 0 Å². The zero-order valence-corrected chi connectivity index (χ0v) is 9.04. The number of carbonyl (C=O) groups is 1. The molecular weight excluding hydrogens is 178 g/mol. The van der Waals surface area contributed by atoms with Crippen molar-refractivity contribution < 1.29 is 9.90 Å². The molecule has 0 aromatic heterocycles. The molecule has 1 fully saturated rings. The van der Waals surface area contributed by atoms with Crippen molar-refractivity contribution in [1.29, 1.82) is 0 Å². The van der Waals surface area contributed by atoms with Gasteiger partial charge in [0, 0.05) is 6.04 Å². The number of nitrogens with zero attached hydrogens (tertiary/aromatic N) is 1. The molecule has 0 aliphatic heterocycles. The first-order chi connectivity index (χ1) is 6.74. The average Bonchev–Trinajstić information content (AvgIpc) is 2.92. The van der Waals surface area contributed by atoms with Gasteiger partial charge in [-0.05, 0) is 25.8 Å². The molecule has 3 heteroatoms. The second-order valence-electron chi connectivity index (χ2n) is 4.16. The van der Waals surface area contributed by atoms with Gasteiger partial charge in [0.05, 0.1) is 6.54 Å². The molecule has 0 radical (unpaired) electrons. The average molecular weight is 199 g/mol. The van der Waals surface area contributed by atoms with Crippen LogP contribution in [-0.4, -0.2) is 35.1 Å². The summed E-state index contributed by atoms with van der Waals surface area (Å²) in [7, 11) is 0. The van der Waals surface area contributed by atoms with Gasteiger partial charge in [-0.1, -0.05) is 26.2 Å². The highest BCUT2D eigenvalue weighted by atomic mass is 16.4. The molecular formula is C11H21NO2. The fraction of sp³-hybridized carbons (Fsp3) is 0.909. The van der Waals surface area contributed by atoms with Crippen LogP contribution in [0.5, 0.6) is 0 Å². The van der Waals surface area contributed by atoms with E-state index in [-0.39, 0.29) is 6.54 Å². The molecule has 3 nitrogen and oxygen atoms in total. The van der Waals surface area contributed by atoms with Gasteiger partial charge in [-0.15, -0.1) is 0 Å². The van der Waals surface area contributed by atoms with E-state index < -0.39 is 5.97 Å². The minimum Gasteiger partial charge on any atom is -0.480 e. The molecule has 1 aliphatic rings. The van der Waals surface area contributed by atoms with Crippen molar-refractivity contribution >= 4 is 5.97 Å². The second-order valence-corrected chi connectivity index (χ2v) is 4.16. The van der Waals surface area contributed by atoms with Crippen LogP contribution >= 0.6 is 0 Å². The fourth-order valence-corrected chi connectivity index (χ4v) is 1.75. The SMILES string of the molecule is CCCCCCN(CC(=O)O)C1CC1. The Balaban J connectivity index is 2.12. The fourth-order valence-electron chi connectivity index (χ4n) is 1.75. The van der Waals surface area contributed by atoms with Gasteiger partial charge in [0.2, 0.25) is 0 Å². The van der Waals surface area contributed by atoms with E-state index in [9.17, 15) is 4.79 Å². The molecule has 0 amide bonds. The number of hydrogen-bond acceptors (Lipinski definition) is 2. The number of hydrogen-bond donors (Lipinski definition) is 1. The lowest BCUT2D eigenvalue weighted by Crippen LogP contribution is -2.32. The summed E-state index contributed by atoms with van der Waals surface area (Å²) in [4.78, 5) is 12.7. The maximum absolute atomic E-state index is 10.6. The van der Waals surface area contributed by atoms with E-state index in [0.29, 0.717) is 6.04 Å². The van der Waals surface area contributed by atoms with Gasteiger partial charge >= 0.3 is 5.97 Å². The summed E-state index contributed by atoms with van der Waals surface area (Å²) in [5, 5.41) is 8.72. The van der Waals surface area contributed by atoms with Gasteiger partial charge in [0.1, 0.15) is 0 Å². The normalized spacial score (nSPS) is 16.1. The number of aliphatic carboxylic acids is 1. The molecule has 0 aromatic carbocycles. The van der Waals surface area contributed by atoms with Gasteiger partial charge in [-0.2, -0.15) is 0 Å². The Hall–Kier alpha value is -0.570. The Morgan fingerprint density at radius 3 is 2.57 bits per heavy atom. The Morgan fingerprint density at radius 2 is 2.07 bits per heavy atom. The molecule has 0 heterocycles. The zero-order chi connectivity index (χ0) is 10.4. The predicted molar refractivity (Wildman–Crippen MR) is 56.4 cm³/mol. The van der Waals surface area contributed by atoms with E-state index in [0.717, 1.165) is 13.0 Å². The van der Waals surface area contributed by atoms with Crippen LogP contribution in [0.15, 0.2) is 0 Å². The Bertz CT molecular complexity index is 178. The first kappa shape index (κ1) is 11.5. The first-order valence-corrected chi connectivity index (χ1v) is 5.70. The van der Waals surface area contributed by atoms with Crippen LogP contribution in [0, 0.1) is 0 Å². The van der Waals surface area contributed by atoms with Crippen molar-refractivity contribution in [3.63, 3.8) is 0 Å². The predicted octanol–water partition coefficient (Wildman–Crippen LogP) is 2.12. The van der Waals surface area contributed by atoms with Gasteiger partial charge in [0.25, 0.3) is 0 Å². The molecule has 14 heavy (non-hydrogen) atoms. The Kier molecular flexibility index (Phi) is 4.94. The number of rotatable bonds is 8. The van der Waals surface area contributed by atoms with E-state index in [1.807, 2.05) is 0 Å². The van der Waals surface area contributed by atoms with Crippen molar-refractivity contribution in [2.24, 2.45) is 0 Å². The van der Waals surface area contributed by atoms with Crippen molar-refractivity contribution in [2.45, 2.75) is 51.5 Å². The van der Waals surface area contributed by atoms with Crippen LogP contribution in [0.25, 0.3) is 0 Å². The monoisotopic (exact) mass is 199 g/mol. The zero-order valence-electron chi connectivity index (χ0n) is 9.04. The molecule has 0 atom stereocenters. The van der Waals surface area contributed by atoms with Crippen LogP contribution in [0.2, 0.25) is 0 Å².